The van der Waals surface area contributed by atoms with Crippen molar-refractivity contribution in [3.8, 4) is 0 Å². The minimum atomic E-state index is -3.49. The Kier molecular flexibility index (Phi) is 4.42. The highest BCUT2D eigenvalue weighted by molar-refractivity contribution is 7.91. The molecule has 1 aliphatic rings. The van der Waals surface area contributed by atoms with E-state index in [4.69, 9.17) is 0 Å². The Morgan fingerprint density at radius 2 is 2.16 bits per heavy atom. The number of hydrogen-bond donors (Lipinski definition) is 2. The third-order valence-corrected chi connectivity index (χ3v) is 5.82. The molecule has 1 fully saturated rings. The van der Waals surface area contributed by atoms with Crippen molar-refractivity contribution in [2.24, 2.45) is 0 Å². The van der Waals surface area contributed by atoms with Crippen molar-refractivity contribution >= 4 is 44.0 Å². The standard InChI is InChI=1S/C11H13N3O2S2.ClH/c15-18(16,14-8-5-6-12-7-8)11-13-9-3-1-2-4-10(9)17-11;/h1-4,8,12,14H,5-7H2;1H. The summed E-state index contributed by atoms with van der Waals surface area (Å²) in [4.78, 5) is 4.17. The molecule has 1 unspecified atom stereocenters. The highest BCUT2D eigenvalue weighted by Gasteiger charge is 2.25. The molecule has 2 heterocycles. The Hall–Kier alpha value is -0.730. The van der Waals surface area contributed by atoms with Gasteiger partial charge in [-0.05, 0) is 25.1 Å². The zero-order chi connectivity index (χ0) is 12.6. The number of para-hydroxylation sites is 1. The maximum absolute atomic E-state index is 12.2. The Labute approximate surface area is 121 Å². The molecule has 1 atom stereocenters. The van der Waals surface area contributed by atoms with Crippen molar-refractivity contribution in [1.29, 1.82) is 0 Å². The van der Waals surface area contributed by atoms with Crippen molar-refractivity contribution in [2.75, 3.05) is 13.1 Å². The lowest BCUT2D eigenvalue weighted by atomic mass is 10.3. The van der Waals surface area contributed by atoms with Crippen LogP contribution >= 0.6 is 23.7 Å². The van der Waals surface area contributed by atoms with E-state index < -0.39 is 10.0 Å². The lowest BCUT2D eigenvalue weighted by Gasteiger charge is -2.09. The third-order valence-electron chi connectivity index (χ3n) is 2.89. The highest BCUT2D eigenvalue weighted by atomic mass is 35.5. The maximum Gasteiger partial charge on any atom is 0.268 e. The molecule has 2 aromatic rings. The molecule has 3 rings (SSSR count). The third kappa shape index (κ3) is 3.06. The summed E-state index contributed by atoms with van der Waals surface area (Å²) in [5.41, 5.74) is 0.729. The van der Waals surface area contributed by atoms with Gasteiger partial charge in [0.05, 0.1) is 10.2 Å². The fourth-order valence-electron chi connectivity index (χ4n) is 1.99. The average molecular weight is 320 g/mol. The molecule has 0 aliphatic carbocycles. The van der Waals surface area contributed by atoms with Crippen LogP contribution in [0.25, 0.3) is 10.2 Å². The zero-order valence-corrected chi connectivity index (χ0v) is 12.4. The van der Waals surface area contributed by atoms with Gasteiger partial charge in [0, 0.05) is 12.6 Å². The maximum atomic E-state index is 12.2. The number of rotatable bonds is 3. The number of thiazole rings is 1. The summed E-state index contributed by atoms with van der Waals surface area (Å²) in [5, 5.41) is 3.13. The topological polar surface area (TPSA) is 71.1 Å². The molecule has 0 radical (unpaired) electrons. The molecule has 0 amide bonds. The number of benzene rings is 1. The summed E-state index contributed by atoms with van der Waals surface area (Å²) in [6.07, 6.45) is 0.824. The Bertz CT molecular complexity index is 632. The fraction of sp³-hybridized carbons (Fsp3) is 0.364. The quantitative estimate of drug-likeness (QED) is 0.896. The first-order valence-electron chi connectivity index (χ1n) is 5.74. The van der Waals surface area contributed by atoms with Crippen LogP contribution in [0.15, 0.2) is 28.6 Å². The minimum Gasteiger partial charge on any atom is -0.315 e. The van der Waals surface area contributed by atoms with Crippen molar-refractivity contribution in [1.82, 2.24) is 15.0 Å². The number of aromatic nitrogens is 1. The summed E-state index contributed by atoms with van der Waals surface area (Å²) < 4.78 is 28.1. The predicted molar refractivity (Wildman–Crippen MR) is 78.5 cm³/mol. The van der Waals surface area contributed by atoms with Gasteiger partial charge >= 0.3 is 0 Å². The molecular weight excluding hydrogens is 306 g/mol. The second-order valence-corrected chi connectivity index (χ2v) is 7.18. The van der Waals surface area contributed by atoms with Crippen LogP contribution < -0.4 is 10.0 Å². The van der Waals surface area contributed by atoms with Crippen LogP contribution in [-0.4, -0.2) is 32.5 Å². The number of nitrogens with one attached hydrogen (secondary N) is 2. The molecule has 5 nitrogen and oxygen atoms in total. The minimum absolute atomic E-state index is 0. The van der Waals surface area contributed by atoms with E-state index in [1.807, 2.05) is 24.3 Å². The van der Waals surface area contributed by atoms with E-state index in [-0.39, 0.29) is 22.8 Å². The lowest BCUT2D eigenvalue weighted by molar-refractivity contribution is 0.559. The molecule has 0 saturated carbocycles. The van der Waals surface area contributed by atoms with Crippen molar-refractivity contribution in [2.45, 2.75) is 16.8 Å². The van der Waals surface area contributed by atoms with E-state index >= 15 is 0 Å². The van der Waals surface area contributed by atoms with Gasteiger partial charge in [0.15, 0.2) is 0 Å². The van der Waals surface area contributed by atoms with E-state index in [1.54, 1.807) is 0 Å². The van der Waals surface area contributed by atoms with Crippen LogP contribution in [0, 0.1) is 0 Å². The SMILES string of the molecule is Cl.O=S(=O)(NC1CCNC1)c1nc2ccccc2s1. The van der Waals surface area contributed by atoms with Gasteiger partial charge in [0.2, 0.25) is 4.34 Å². The molecule has 1 aromatic heterocycles. The number of fused-ring (bicyclic) bond motifs is 1. The van der Waals surface area contributed by atoms with Crippen LogP contribution in [0.2, 0.25) is 0 Å². The van der Waals surface area contributed by atoms with Crippen LogP contribution in [0.5, 0.6) is 0 Å². The summed E-state index contributed by atoms with van der Waals surface area (Å²) in [5.74, 6) is 0. The van der Waals surface area contributed by atoms with Gasteiger partial charge in [-0.2, -0.15) is 0 Å². The number of halogens is 1. The number of sulfonamides is 1. The normalized spacial score (nSPS) is 19.5. The second kappa shape index (κ2) is 5.72. The first-order valence-corrected chi connectivity index (χ1v) is 8.04. The van der Waals surface area contributed by atoms with E-state index in [0.29, 0.717) is 6.54 Å². The van der Waals surface area contributed by atoms with Gasteiger partial charge in [-0.25, -0.2) is 18.1 Å². The molecular formula is C11H14ClN3O2S2. The Morgan fingerprint density at radius 1 is 1.37 bits per heavy atom. The monoisotopic (exact) mass is 319 g/mol. The second-order valence-electron chi connectivity index (χ2n) is 4.26. The van der Waals surface area contributed by atoms with E-state index in [0.717, 1.165) is 23.2 Å². The summed E-state index contributed by atoms with van der Waals surface area (Å²) in [7, 11) is -3.49. The molecule has 0 spiro atoms. The predicted octanol–water partition coefficient (Wildman–Crippen LogP) is 1.36. The first-order chi connectivity index (χ1) is 8.65. The molecule has 104 valence electrons. The highest BCUT2D eigenvalue weighted by Crippen LogP contribution is 2.25. The molecule has 1 aromatic carbocycles. The molecule has 0 bridgehead atoms. The van der Waals surface area contributed by atoms with Crippen molar-refractivity contribution < 1.29 is 8.42 Å². The first kappa shape index (κ1) is 14.7. The lowest BCUT2D eigenvalue weighted by Crippen LogP contribution is -2.36. The van der Waals surface area contributed by atoms with E-state index in [1.165, 1.54) is 11.3 Å². The molecule has 8 heteroatoms. The van der Waals surface area contributed by atoms with Gasteiger partial charge in [0.1, 0.15) is 0 Å². The summed E-state index contributed by atoms with van der Waals surface area (Å²) >= 11 is 1.21. The molecule has 2 N–H and O–H groups in total. The van der Waals surface area contributed by atoms with Crippen LogP contribution in [0.4, 0.5) is 0 Å². The van der Waals surface area contributed by atoms with Gasteiger partial charge in [0.25, 0.3) is 10.0 Å². The fourth-order valence-corrected chi connectivity index (χ4v) is 4.50. The van der Waals surface area contributed by atoms with Crippen LogP contribution in [0.1, 0.15) is 6.42 Å². The smallest absolute Gasteiger partial charge is 0.268 e. The molecule has 19 heavy (non-hydrogen) atoms. The van der Waals surface area contributed by atoms with E-state index in [2.05, 4.69) is 15.0 Å². The zero-order valence-electron chi connectivity index (χ0n) is 10.00. The van der Waals surface area contributed by atoms with Crippen molar-refractivity contribution in [3.63, 3.8) is 0 Å². The van der Waals surface area contributed by atoms with Gasteiger partial charge in [-0.3, -0.25) is 0 Å². The average Bonchev–Trinajstić information content (AvgIpc) is 2.96. The van der Waals surface area contributed by atoms with Gasteiger partial charge < -0.3 is 5.32 Å². The van der Waals surface area contributed by atoms with Gasteiger partial charge in [-0.1, -0.05) is 12.1 Å². The Balaban J connectivity index is 0.00000133. The van der Waals surface area contributed by atoms with E-state index in [9.17, 15) is 8.42 Å². The van der Waals surface area contributed by atoms with Crippen LogP contribution in [0.3, 0.4) is 0 Å². The summed E-state index contributed by atoms with van der Waals surface area (Å²) in [6.45, 7) is 1.54. The number of nitrogens with zero attached hydrogens (tertiary/aromatic N) is 1. The summed E-state index contributed by atoms with van der Waals surface area (Å²) in [6, 6.07) is 7.41. The van der Waals surface area contributed by atoms with Crippen LogP contribution in [-0.2, 0) is 10.0 Å². The molecule has 1 saturated heterocycles. The molecule has 1 aliphatic heterocycles. The Morgan fingerprint density at radius 3 is 2.84 bits per heavy atom. The number of hydrogen-bond acceptors (Lipinski definition) is 5. The van der Waals surface area contributed by atoms with Gasteiger partial charge in [-0.15, -0.1) is 23.7 Å². The van der Waals surface area contributed by atoms with Crippen molar-refractivity contribution in [3.05, 3.63) is 24.3 Å². The largest absolute Gasteiger partial charge is 0.315 e.